The molecule has 0 spiro atoms. The van der Waals surface area contributed by atoms with Crippen molar-refractivity contribution in [3.05, 3.63) is 252 Å². The number of aromatic carboxylic acids is 6. The van der Waals surface area contributed by atoms with Crippen molar-refractivity contribution in [1.82, 2.24) is 0 Å². The van der Waals surface area contributed by atoms with Gasteiger partial charge in [-0.3, -0.25) is 0 Å². The molecule has 0 aliphatic heterocycles. The third kappa shape index (κ3) is 10.8. The summed E-state index contributed by atoms with van der Waals surface area (Å²) in [6.07, 6.45) is 0. The van der Waals surface area contributed by atoms with Crippen molar-refractivity contribution in [3.63, 3.8) is 0 Å². The first-order valence-corrected chi connectivity index (χ1v) is 24.2. The molecule has 78 heavy (non-hydrogen) atoms. The Bertz CT molecular complexity index is 3370. The van der Waals surface area contributed by atoms with Crippen LogP contribution in [-0.2, 0) is 0 Å². The molecule has 0 saturated carbocycles. The molecule has 10 rings (SSSR count). The van der Waals surface area contributed by atoms with Crippen molar-refractivity contribution in [1.29, 1.82) is 0 Å². The number of carboxylic acid groups (broad SMARTS) is 6. The summed E-state index contributed by atoms with van der Waals surface area (Å²) in [6, 6.07) is 62.8. The van der Waals surface area contributed by atoms with Crippen LogP contribution in [0, 0.1) is 0 Å². The fourth-order valence-electron chi connectivity index (χ4n) is 9.34. The SMILES string of the molecule is O=C(O)c1ccc(-c2cc(-c3ccc(C(=O)O)cc3)cc(-c3cc(-c4cc(-c5ccc(C(=O)O)cc5)cc(-c5ccc(C(=O)O)cc5)c4)cc(-c4cc(-c5ccc(C(=O)O)cc5)cc(-c5ccc(C(=O)O)cc5)c4)c3)c2)cc1. The summed E-state index contributed by atoms with van der Waals surface area (Å²) >= 11 is 0. The molecule has 0 fully saturated rings. The molecule has 12 heteroatoms. The molecule has 10 aromatic carbocycles. The van der Waals surface area contributed by atoms with Crippen LogP contribution in [0.4, 0.5) is 0 Å². The molecule has 378 valence electrons. The number of carbonyl (C=O) groups is 6. The first-order valence-electron chi connectivity index (χ1n) is 24.2. The van der Waals surface area contributed by atoms with Gasteiger partial charge in [0.25, 0.3) is 0 Å². The highest BCUT2D eigenvalue weighted by molar-refractivity contribution is 5.95. The normalized spacial score (nSPS) is 10.9. The summed E-state index contributed by atoms with van der Waals surface area (Å²) in [7, 11) is 0. The third-order valence-corrected chi connectivity index (χ3v) is 13.5. The van der Waals surface area contributed by atoms with Crippen molar-refractivity contribution in [3.8, 4) is 100 Å². The number of hydrogen-bond donors (Lipinski definition) is 6. The van der Waals surface area contributed by atoms with Crippen LogP contribution in [-0.4, -0.2) is 66.5 Å². The summed E-state index contributed by atoms with van der Waals surface area (Å²) in [6.45, 7) is 0. The van der Waals surface area contributed by atoms with Gasteiger partial charge in [0.2, 0.25) is 0 Å². The van der Waals surface area contributed by atoms with E-state index in [0.29, 0.717) is 33.4 Å². The van der Waals surface area contributed by atoms with Gasteiger partial charge < -0.3 is 30.6 Å². The maximum atomic E-state index is 11.9. The molecule has 12 nitrogen and oxygen atoms in total. The van der Waals surface area contributed by atoms with Gasteiger partial charge in [-0.2, -0.15) is 0 Å². The van der Waals surface area contributed by atoms with Crippen molar-refractivity contribution < 1.29 is 59.4 Å². The minimum absolute atomic E-state index is 0.103. The molecule has 0 saturated heterocycles. The fraction of sp³-hybridized carbons (Fsp3) is 0. The van der Waals surface area contributed by atoms with Gasteiger partial charge in [-0.1, -0.05) is 72.8 Å². The van der Waals surface area contributed by atoms with E-state index in [1.54, 1.807) is 72.8 Å². The lowest BCUT2D eigenvalue weighted by Gasteiger charge is -2.17. The van der Waals surface area contributed by atoms with Crippen LogP contribution in [0.2, 0.25) is 0 Å². The summed E-state index contributed by atoms with van der Waals surface area (Å²) < 4.78 is 0. The average molecular weight is 1030 g/mol. The molecule has 0 amide bonds. The predicted octanol–water partition coefficient (Wildman–Crippen LogP) is 14.9. The van der Waals surface area contributed by atoms with E-state index in [1.165, 1.54) is 72.8 Å². The highest BCUT2D eigenvalue weighted by Crippen LogP contribution is 2.42. The molecule has 0 aliphatic carbocycles. The Hall–Kier alpha value is -11.0. The van der Waals surface area contributed by atoms with Gasteiger partial charge in [0.05, 0.1) is 33.4 Å². The average Bonchev–Trinajstić information content (AvgIpc) is 3.47. The minimum atomic E-state index is -1.08. The topological polar surface area (TPSA) is 224 Å². The van der Waals surface area contributed by atoms with Crippen molar-refractivity contribution in [2.45, 2.75) is 0 Å². The zero-order chi connectivity index (χ0) is 54.8. The monoisotopic (exact) mass is 1030 g/mol. The highest BCUT2D eigenvalue weighted by Gasteiger charge is 2.18. The summed E-state index contributed by atoms with van der Waals surface area (Å²) in [5, 5.41) is 58.5. The quantitative estimate of drug-likeness (QED) is 0.0564. The molecule has 0 aromatic heterocycles. The fourth-order valence-corrected chi connectivity index (χ4v) is 9.34. The van der Waals surface area contributed by atoms with Crippen LogP contribution in [0.15, 0.2) is 218 Å². The number of benzene rings is 10. The second kappa shape index (κ2) is 21.1. The van der Waals surface area contributed by atoms with E-state index >= 15 is 0 Å². The standard InChI is InChI=1S/C66H42O12/c67-61(68)43-13-1-37(2-14-43)49-25-50(38-3-15-44(16-4-38)62(69)70)29-55(28-49)58-34-59(56-30-51(39-5-17-45(18-6-39)63(71)72)26-52(31-56)40-7-19-46(20-8-40)64(73)74)36-60(35-58)57-32-53(41-9-21-47(22-10-41)65(75)76)27-54(33-57)42-11-23-48(24-12-42)66(77)78/h1-36H,(H,67,68)(H,69,70)(H,71,72)(H,73,74)(H,75,76)(H,77,78). The minimum Gasteiger partial charge on any atom is -0.478 e. The first-order chi connectivity index (χ1) is 37.5. The van der Waals surface area contributed by atoms with Crippen molar-refractivity contribution in [2.75, 3.05) is 0 Å². The molecule has 0 radical (unpaired) electrons. The summed E-state index contributed by atoms with van der Waals surface area (Å²) in [5.41, 5.74) is 13.6. The summed E-state index contributed by atoms with van der Waals surface area (Å²) in [5.74, 6) is -6.49. The van der Waals surface area contributed by atoms with E-state index in [9.17, 15) is 59.4 Å². The molecule has 0 heterocycles. The van der Waals surface area contributed by atoms with E-state index in [0.717, 1.165) is 66.8 Å². The zero-order valence-corrected chi connectivity index (χ0v) is 40.9. The van der Waals surface area contributed by atoms with Crippen molar-refractivity contribution >= 4 is 35.8 Å². The first kappa shape index (κ1) is 50.5. The second-order valence-corrected chi connectivity index (χ2v) is 18.5. The molecular formula is C66H42O12. The van der Waals surface area contributed by atoms with E-state index in [1.807, 2.05) is 72.8 Å². The smallest absolute Gasteiger partial charge is 0.335 e. The lowest BCUT2D eigenvalue weighted by Crippen LogP contribution is -1.96. The lowest BCUT2D eigenvalue weighted by molar-refractivity contribution is 0.0686. The molecular weight excluding hydrogens is 985 g/mol. The van der Waals surface area contributed by atoms with Gasteiger partial charge >= 0.3 is 35.8 Å². The van der Waals surface area contributed by atoms with Gasteiger partial charge in [0.15, 0.2) is 0 Å². The number of rotatable bonds is 15. The molecule has 0 atom stereocenters. The van der Waals surface area contributed by atoms with Crippen LogP contribution >= 0.6 is 0 Å². The molecule has 0 aliphatic rings. The highest BCUT2D eigenvalue weighted by atomic mass is 16.4. The summed E-state index contributed by atoms with van der Waals surface area (Å²) in [4.78, 5) is 71.6. The van der Waals surface area contributed by atoms with Crippen LogP contribution in [0.5, 0.6) is 0 Å². The second-order valence-electron chi connectivity index (χ2n) is 18.5. The van der Waals surface area contributed by atoms with Crippen LogP contribution < -0.4 is 0 Å². The Morgan fingerprint density at radius 2 is 0.244 bits per heavy atom. The van der Waals surface area contributed by atoms with E-state index in [4.69, 9.17) is 0 Å². The van der Waals surface area contributed by atoms with E-state index in [-0.39, 0.29) is 33.4 Å². The Balaban J connectivity index is 1.25. The van der Waals surface area contributed by atoms with Crippen LogP contribution in [0.25, 0.3) is 100 Å². The molecule has 6 N–H and O–H groups in total. The van der Waals surface area contributed by atoms with Gasteiger partial charge in [-0.05, 0) is 246 Å². The Morgan fingerprint density at radius 3 is 0.333 bits per heavy atom. The Kier molecular flexibility index (Phi) is 13.7. The maximum Gasteiger partial charge on any atom is 0.335 e. The maximum absolute atomic E-state index is 11.9. The van der Waals surface area contributed by atoms with E-state index < -0.39 is 35.8 Å². The zero-order valence-electron chi connectivity index (χ0n) is 40.9. The molecule has 0 unspecified atom stereocenters. The van der Waals surface area contributed by atoms with Gasteiger partial charge in [-0.25, -0.2) is 28.8 Å². The van der Waals surface area contributed by atoms with E-state index in [2.05, 4.69) is 0 Å². The third-order valence-electron chi connectivity index (χ3n) is 13.5. The van der Waals surface area contributed by atoms with Crippen LogP contribution in [0.3, 0.4) is 0 Å². The van der Waals surface area contributed by atoms with Crippen molar-refractivity contribution in [2.24, 2.45) is 0 Å². The van der Waals surface area contributed by atoms with Gasteiger partial charge in [0, 0.05) is 0 Å². The number of hydrogen-bond acceptors (Lipinski definition) is 6. The molecule has 0 bridgehead atoms. The lowest BCUT2D eigenvalue weighted by atomic mass is 9.87. The Morgan fingerprint density at radius 1 is 0.154 bits per heavy atom. The predicted molar refractivity (Wildman–Crippen MR) is 297 cm³/mol. The van der Waals surface area contributed by atoms with Crippen LogP contribution in [0.1, 0.15) is 62.1 Å². The van der Waals surface area contributed by atoms with Gasteiger partial charge in [-0.15, -0.1) is 0 Å². The largest absolute Gasteiger partial charge is 0.478 e. The van der Waals surface area contributed by atoms with Gasteiger partial charge in [0.1, 0.15) is 0 Å². The molecule has 10 aromatic rings. The number of carboxylic acids is 6. The Labute approximate surface area is 445 Å².